The van der Waals surface area contributed by atoms with Crippen molar-refractivity contribution in [2.24, 2.45) is 5.92 Å². The van der Waals surface area contributed by atoms with Crippen LogP contribution < -0.4 is 15.1 Å². The lowest BCUT2D eigenvalue weighted by molar-refractivity contribution is -0.134. The highest BCUT2D eigenvalue weighted by atomic mass is 32.2. The summed E-state index contributed by atoms with van der Waals surface area (Å²) in [6.45, 7) is 8.40. The summed E-state index contributed by atoms with van der Waals surface area (Å²) in [6, 6.07) is 26.8. The monoisotopic (exact) mass is 595 g/mol. The van der Waals surface area contributed by atoms with Crippen LogP contribution in [0.5, 0.6) is 0 Å². The number of esters is 1. The highest BCUT2D eigenvalue weighted by Crippen LogP contribution is 2.37. The van der Waals surface area contributed by atoms with E-state index in [9.17, 15) is 18.3 Å². The van der Waals surface area contributed by atoms with Gasteiger partial charge in [0.2, 0.25) is 10.0 Å². The van der Waals surface area contributed by atoms with Crippen LogP contribution in [0.3, 0.4) is 0 Å². The molecule has 3 aromatic carbocycles. The quantitative estimate of drug-likeness (QED) is 0.176. The summed E-state index contributed by atoms with van der Waals surface area (Å²) in [5.41, 5.74) is 0.959. The average Bonchev–Trinajstić information content (AvgIpc) is 2.95. The number of aliphatic hydroxyl groups excluding tert-OH is 1. The Labute approximate surface area is 245 Å². The Kier molecular flexibility index (Phi) is 11.2. The van der Waals surface area contributed by atoms with E-state index in [0.29, 0.717) is 0 Å². The molecule has 220 valence electrons. The molecule has 0 heterocycles. The van der Waals surface area contributed by atoms with Gasteiger partial charge in [-0.25, -0.2) is 17.9 Å². The lowest BCUT2D eigenvalue weighted by atomic mass is 9.98. The summed E-state index contributed by atoms with van der Waals surface area (Å²) in [4.78, 5) is 12.0. The number of aliphatic hydroxyl groups is 1. The van der Waals surface area contributed by atoms with Crippen LogP contribution in [0.4, 0.5) is 0 Å². The van der Waals surface area contributed by atoms with Crippen LogP contribution in [0, 0.1) is 12.8 Å². The molecule has 0 aromatic heterocycles. The molecule has 7 nitrogen and oxygen atoms in total. The lowest BCUT2D eigenvalue weighted by Gasteiger charge is -2.43. The number of sulfonamides is 1. The number of hydrogen-bond donors (Lipinski definition) is 2. The molecule has 0 bridgehead atoms. The first-order valence-corrected chi connectivity index (χ1v) is 17.1. The van der Waals surface area contributed by atoms with E-state index >= 15 is 0 Å². The summed E-state index contributed by atoms with van der Waals surface area (Å²) < 4.78 is 39.8. The summed E-state index contributed by atoms with van der Waals surface area (Å²) in [5, 5.41) is 13.3. The maximum atomic E-state index is 12.8. The Morgan fingerprint density at radius 3 is 1.98 bits per heavy atom. The molecule has 2 atom stereocenters. The van der Waals surface area contributed by atoms with Gasteiger partial charge in [0.05, 0.1) is 24.7 Å². The summed E-state index contributed by atoms with van der Waals surface area (Å²) >= 11 is 0. The number of carbonyl (C=O) groups excluding carboxylic acids is 1. The van der Waals surface area contributed by atoms with E-state index < -0.39 is 36.3 Å². The number of benzene rings is 3. The van der Waals surface area contributed by atoms with Gasteiger partial charge in [0.15, 0.2) is 0 Å². The summed E-state index contributed by atoms with van der Waals surface area (Å²) in [6.07, 6.45) is 2.04. The van der Waals surface area contributed by atoms with Crippen molar-refractivity contribution in [3.05, 3.63) is 103 Å². The van der Waals surface area contributed by atoms with Crippen molar-refractivity contribution in [2.45, 2.75) is 50.2 Å². The Balaban J connectivity index is 1.86. The van der Waals surface area contributed by atoms with Crippen LogP contribution in [0.15, 0.2) is 102 Å². The topological polar surface area (TPSA) is 102 Å². The Bertz CT molecular complexity index is 1350. The van der Waals surface area contributed by atoms with Crippen molar-refractivity contribution in [1.82, 2.24) is 4.72 Å². The van der Waals surface area contributed by atoms with Crippen LogP contribution in [0.25, 0.3) is 0 Å². The van der Waals surface area contributed by atoms with Gasteiger partial charge in [0.25, 0.3) is 8.32 Å². The molecule has 0 aliphatic rings. The fourth-order valence-corrected chi connectivity index (χ4v) is 10.6. The van der Waals surface area contributed by atoms with Crippen molar-refractivity contribution in [3.8, 4) is 0 Å². The molecule has 9 heteroatoms. The number of nitrogens with one attached hydrogen (secondary N) is 1. The number of ether oxygens (including phenoxy) is 1. The maximum Gasteiger partial charge on any atom is 0.330 e. The zero-order valence-electron chi connectivity index (χ0n) is 24.4. The number of hydrogen-bond acceptors (Lipinski definition) is 6. The van der Waals surface area contributed by atoms with E-state index in [1.807, 2.05) is 43.3 Å². The van der Waals surface area contributed by atoms with Gasteiger partial charge in [0, 0.05) is 18.5 Å². The molecule has 41 heavy (non-hydrogen) atoms. The predicted molar refractivity (Wildman–Crippen MR) is 165 cm³/mol. The molecule has 0 unspecified atom stereocenters. The molecule has 3 aromatic rings. The highest BCUT2D eigenvalue weighted by Gasteiger charge is 2.50. The fraction of sp³-hybridized carbons (Fsp3) is 0.344. The molecule has 2 N–H and O–H groups in total. The van der Waals surface area contributed by atoms with Gasteiger partial charge in [-0.1, -0.05) is 105 Å². The molecular formula is C32H41NO6SSi. The normalized spacial score (nSPS) is 14.1. The predicted octanol–water partition coefficient (Wildman–Crippen LogP) is 3.95. The van der Waals surface area contributed by atoms with Gasteiger partial charge in [-0.2, -0.15) is 0 Å². The highest BCUT2D eigenvalue weighted by molar-refractivity contribution is 7.89. The van der Waals surface area contributed by atoms with Crippen LogP contribution in [-0.2, 0) is 24.0 Å². The molecule has 3 rings (SSSR count). The third-order valence-corrected chi connectivity index (χ3v) is 13.6. The van der Waals surface area contributed by atoms with E-state index in [4.69, 9.17) is 9.16 Å². The van der Waals surface area contributed by atoms with Gasteiger partial charge in [-0.15, -0.1) is 0 Å². The zero-order valence-corrected chi connectivity index (χ0v) is 26.2. The average molecular weight is 596 g/mol. The van der Waals surface area contributed by atoms with Crippen LogP contribution >= 0.6 is 0 Å². The summed E-state index contributed by atoms with van der Waals surface area (Å²) in [5.74, 6) is -1.14. The van der Waals surface area contributed by atoms with E-state index in [1.54, 1.807) is 30.3 Å². The van der Waals surface area contributed by atoms with Gasteiger partial charge < -0.3 is 14.3 Å². The van der Waals surface area contributed by atoms with Crippen molar-refractivity contribution in [1.29, 1.82) is 0 Å². The molecule has 0 radical (unpaired) electrons. The second-order valence-electron chi connectivity index (χ2n) is 11.1. The van der Waals surface area contributed by atoms with Gasteiger partial charge >= 0.3 is 5.97 Å². The van der Waals surface area contributed by atoms with Crippen molar-refractivity contribution < 1.29 is 27.5 Å². The lowest BCUT2D eigenvalue weighted by Crippen LogP contribution is -2.67. The van der Waals surface area contributed by atoms with E-state index in [1.165, 1.54) is 13.2 Å². The van der Waals surface area contributed by atoms with Gasteiger partial charge in [-0.3, -0.25) is 0 Å². The second-order valence-corrected chi connectivity index (χ2v) is 17.2. The van der Waals surface area contributed by atoms with E-state index in [0.717, 1.165) is 15.9 Å². The van der Waals surface area contributed by atoms with Crippen LogP contribution in [-0.4, -0.2) is 54.2 Å². The first kappa shape index (κ1) is 32.4. The third-order valence-electron chi connectivity index (χ3n) is 7.16. The molecule has 0 fully saturated rings. The van der Waals surface area contributed by atoms with E-state index in [-0.39, 0.29) is 29.5 Å². The van der Waals surface area contributed by atoms with Crippen LogP contribution in [0.1, 0.15) is 32.8 Å². The minimum Gasteiger partial charge on any atom is -0.466 e. The molecule has 0 saturated carbocycles. The number of methoxy groups -OCH3 is 1. The molecule has 0 aliphatic carbocycles. The Morgan fingerprint density at radius 2 is 1.49 bits per heavy atom. The standard InChI is InChI=1S/C32H41NO6SSi/c1-25-16-19-27(20-17-25)40(36,37)33-23-22-26(18-21-31(35)38-5)30(34)24-39-41(32(2,3)4,28-12-8-6-9-13-28)29-14-10-7-11-15-29/h6-21,26,30,33-34H,22-24H2,1-5H3/b21-18+/t26-,30+/m1/s1. The molecule has 0 saturated heterocycles. The van der Waals surface area contributed by atoms with Gasteiger partial charge in [-0.05, 0) is 40.9 Å². The minimum absolute atomic E-state index is 0.00578. The number of carbonyl (C=O) groups is 1. The zero-order chi connectivity index (χ0) is 30.1. The second kappa shape index (κ2) is 14.2. The Hall–Kier alpha value is -3.08. The first-order valence-electron chi connectivity index (χ1n) is 13.7. The van der Waals surface area contributed by atoms with E-state index in [2.05, 4.69) is 49.8 Å². The van der Waals surface area contributed by atoms with Crippen molar-refractivity contribution >= 4 is 34.7 Å². The van der Waals surface area contributed by atoms with Crippen molar-refractivity contribution in [3.63, 3.8) is 0 Å². The van der Waals surface area contributed by atoms with Gasteiger partial charge in [0.1, 0.15) is 0 Å². The molecule has 0 spiro atoms. The van der Waals surface area contributed by atoms with Crippen molar-refractivity contribution in [2.75, 3.05) is 20.3 Å². The molecular weight excluding hydrogens is 555 g/mol. The fourth-order valence-electron chi connectivity index (χ4n) is 4.94. The number of rotatable bonds is 13. The Morgan fingerprint density at radius 1 is 0.951 bits per heavy atom. The first-order chi connectivity index (χ1) is 19.4. The molecule has 0 aliphatic heterocycles. The molecule has 0 amide bonds. The smallest absolute Gasteiger partial charge is 0.330 e. The minimum atomic E-state index is -3.73. The van der Waals surface area contributed by atoms with Crippen LogP contribution in [0.2, 0.25) is 5.04 Å². The maximum absolute atomic E-state index is 12.8. The summed E-state index contributed by atoms with van der Waals surface area (Å²) in [7, 11) is -5.36. The third kappa shape index (κ3) is 8.24. The SMILES string of the molecule is COC(=O)/C=C/[C@H](CCNS(=O)(=O)c1ccc(C)cc1)[C@@H](O)CO[Si](c1ccccc1)(c1ccccc1)C(C)(C)C. The largest absolute Gasteiger partial charge is 0.466 e. The number of aryl methyl sites for hydroxylation is 1.